The van der Waals surface area contributed by atoms with E-state index in [4.69, 9.17) is 5.11 Å². The van der Waals surface area contributed by atoms with E-state index in [-0.39, 0.29) is 5.69 Å². The van der Waals surface area contributed by atoms with Gasteiger partial charge in [-0.05, 0) is 31.5 Å². The number of sulfonamides is 1. The number of rotatable bonds is 5. The Kier molecular flexibility index (Phi) is 3.88. The maximum Gasteiger partial charge on any atom is 0.323 e. The van der Waals surface area contributed by atoms with E-state index in [1.807, 2.05) is 0 Å². The average molecular weight is 313 g/mol. The number of benzene rings is 1. The van der Waals surface area contributed by atoms with Crippen LogP contribution in [-0.2, 0) is 14.8 Å². The third kappa shape index (κ3) is 3.14. The van der Waals surface area contributed by atoms with Crippen LogP contribution in [0.25, 0.3) is 11.0 Å². The third-order valence-corrected chi connectivity index (χ3v) is 5.01. The predicted octanol–water partition coefficient (Wildman–Crippen LogP) is 0.310. The Morgan fingerprint density at radius 1 is 1.24 bits per heavy atom. The summed E-state index contributed by atoms with van der Waals surface area (Å²) >= 11 is 0. The Labute approximate surface area is 120 Å². The fraction of sp³-hybridized carbons (Fsp3) is 0.333. The summed E-state index contributed by atoms with van der Waals surface area (Å²) in [6.45, 7) is 2.70. The molecule has 0 saturated carbocycles. The van der Waals surface area contributed by atoms with E-state index in [1.54, 1.807) is 25.1 Å². The number of H-pyrrole nitrogens is 2. The van der Waals surface area contributed by atoms with E-state index in [1.165, 1.54) is 0 Å². The van der Waals surface area contributed by atoms with E-state index in [2.05, 4.69) is 14.7 Å². The molecule has 2 aromatic rings. The van der Waals surface area contributed by atoms with Gasteiger partial charge in [-0.2, -0.15) is 0 Å². The standard InChI is InChI=1S/C12H15N3O5S/c1-6(15-21(19,20)7(2)11(16)17)8-3-4-9-10(5-8)14-12(18)13-9/h3-7,15H,1-2H3,(H,16,17)(H2,13,14,18). The highest BCUT2D eigenvalue weighted by Gasteiger charge is 2.29. The molecule has 9 heteroatoms. The minimum Gasteiger partial charge on any atom is -0.480 e. The summed E-state index contributed by atoms with van der Waals surface area (Å²) in [4.78, 5) is 27.1. The number of carboxylic acids is 1. The SMILES string of the molecule is CC(NS(=O)(=O)C(C)C(=O)O)c1ccc2[nH]c(=O)[nH]c2c1. The minimum absolute atomic E-state index is 0.352. The van der Waals surface area contributed by atoms with Crippen LogP contribution in [0.1, 0.15) is 25.5 Å². The fourth-order valence-electron chi connectivity index (χ4n) is 1.87. The summed E-state index contributed by atoms with van der Waals surface area (Å²) in [5.74, 6) is -1.42. The molecule has 4 N–H and O–H groups in total. The molecule has 0 saturated heterocycles. The first-order valence-corrected chi connectivity index (χ1v) is 7.71. The van der Waals surface area contributed by atoms with Crippen LogP contribution in [-0.4, -0.2) is 34.7 Å². The Morgan fingerprint density at radius 2 is 1.86 bits per heavy atom. The fourth-order valence-corrected chi connectivity index (χ4v) is 2.97. The summed E-state index contributed by atoms with van der Waals surface area (Å²) in [5.41, 5.74) is 1.42. The molecule has 2 rings (SSSR count). The predicted molar refractivity (Wildman–Crippen MR) is 76.5 cm³/mol. The number of aromatic nitrogens is 2. The minimum atomic E-state index is -3.98. The molecule has 1 heterocycles. The van der Waals surface area contributed by atoms with Crippen molar-refractivity contribution in [3.63, 3.8) is 0 Å². The molecule has 0 fully saturated rings. The maximum atomic E-state index is 11.9. The van der Waals surface area contributed by atoms with Crippen molar-refractivity contribution in [3.8, 4) is 0 Å². The Morgan fingerprint density at radius 3 is 2.48 bits per heavy atom. The molecule has 114 valence electrons. The van der Waals surface area contributed by atoms with Gasteiger partial charge in [-0.15, -0.1) is 0 Å². The Balaban J connectivity index is 2.28. The number of fused-ring (bicyclic) bond motifs is 1. The molecule has 0 aliphatic heterocycles. The maximum absolute atomic E-state index is 11.9. The van der Waals surface area contributed by atoms with E-state index in [9.17, 15) is 18.0 Å². The van der Waals surface area contributed by atoms with Crippen molar-refractivity contribution in [3.05, 3.63) is 34.2 Å². The van der Waals surface area contributed by atoms with Gasteiger partial charge >= 0.3 is 11.7 Å². The van der Waals surface area contributed by atoms with Gasteiger partial charge in [-0.3, -0.25) is 4.79 Å². The van der Waals surface area contributed by atoms with Crippen LogP contribution < -0.4 is 10.4 Å². The van der Waals surface area contributed by atoms with Crippen LogP contribution in [0.4, 0.5) is 0 Å². The molecule has 0 spiro atoms. The van der Waals surface area contributed by atoms with E-state index in [0.29, 0.717) is 16.6 Å². The second-order valence-electron chi connectivity index (χ2n) is 4.75. The van der Waals surface area contributed by atoms with Crippen molar-refractivity contribution in [2.24, 2.45) is 0 Å². The zero-order chi connectivity index (χ0) is 15.8. The van der Waals surface area contributed by atoms with Gasteiger partial charge < -0.3 is 15.1 Å². The molecule has 0 radical (unpaired) electrons. The zero-order valence-electron chi connectivity index (χ0n) is 11.4. The second kappa shape index (κ2) is 5.34. The molecule has 0 aliphatic rings. The van der Waals surface area contributed by atoms with Gasteiger partial charge in [0.1, 0.15) is 0 Å². The summed E-state index contributed by atoms with van der Waals surface area (Å²) in [5, 5.41) is 7.24. The van der Waals surface area contributed by atoms with Crippen LogP contribution in [0, 0.1) is 0 Å². The third-order valence-electron chi connectivity index (χ3n) is 3.19. The smallest absolute Gasteiger partial charge is 0.323 e. The molecule has 8 nitrogen and oxygen atoms in total. The van der Waals surface area contributed by atoms with Gasteiger partial charge in [0.05, 0.1) is 11.0 Å². The average Bonchev–Trinajstić information content (AvgIpc) is 2.75. The Hall–Kier alpha value is -2.13. The number of aliphatic carboxylic acids is 1. The van der Waals surface area contributed by atoms with Crippen LogP contribution >= 0.6 is 0 Å². The van der Waals surface area contributed by atoms with Crippen LogP contribution in [0.5, 0.6) is 0 Å². The quantitative estimate of drug-likeness (QED) is 0.630. The lowest BCUT2D eigenvalue weighted by Gasteiger charge is -2.16. The molecule has 21 heavy (non-hydrogen) atoms. The normalized spacial score (nSPS) is 15.0. The highest BCUT2D eigenvalue weighted by atomic mass is 32.2. The van der Waals surface area contributed by atoms with Crippen molar-refractivity contribution < 1.29 is 18.3 Å². The van der Waals surface area contributed by atoms with Crippen molar-refractivity contribution in [1.82, 2.24) is 14.7 Å². The first-order chi connectivity index (χ1) is 9.70. The Bertz CT molecular complexity index is 836. The van der Waals surface area contributed by atoms with E-state index in [0.717, 1.165) is 6.92 Å². The van der Waals surface area contributed by atoms with Gasteiger partial charge in [0.15, 0.2) is 5.25 Å². The molecule has 1 aromatic heterocycles. The summed E-state index contributed by atoms with van der Waals surface area (Å²) in [7, 11) is -3.98. The summed E-state index contributed by atoms with van der Waals surface area (Å²) < 4.78 is 26.0. The zero-order valence-corrected chi connectivity index (χ0v) is 12.2. The first-order valence-electron chi connectivity index (χ1n) is 6.16. The van der Waals surface area contributed by atoms with Gasteiger partial charge in [0, 0.05) is 6.04 Å². The molecule has 0 aliphatic carbocycles. The number of carboxylic acid groups (broad SMARTS) is 1. The monoisotopic (exact) mass is 313 g/mol. The summed E-state index contributed by atoms with van der Waals surface area (Å²) in [6, 6.07) is 4.31. The van der Waals surface area contributed by atoms with Gasteiger partial charge in [-0.1, -0.05) is 6.07 Å². The van der Waals surface area contributed by atoms with Gasteiger partial charge in [0.25, 0.3) is 0 Å². The largest absolute Gasteiger partial charge is 0.480 e. The number of hydrogen-bond donors (Lipinski definition) is 4. The number of carbonyl (C=O) groups is 1. The molecule has 2 unspecified atom stereocenters. The lowest BCUT2D eigenvalue weighted by molar-refractivity contribution is -0.136. The lowest BCUT2D eigenvalue weighted by Crippen LogP contribution is -2.38. The molecule has 0 amide bonds. The number of aromatic amines is 2. The van der Waals surface area contributed by atoms with Gasteiger partial charge in [-0.25, -0.2) is 17.9 Å². The number of hydrogen-bond acceptors (Lipinski definition) is 4. The summed E-state index contributed by atoms with van der Waals surface area (Å²) in [6.07, 6.45) is 0. The number of imidazole rings is 1. The number of nitrogens with one attached hydrogen (secondary N) is 3. The van der Waals surface area contributed by atoms with E-state index >= 15 is 0 Å². The second-order valence-corrected chi connectivity index (χ2v) is 6.78. The van der Waals surface area contributed by atoms with Crippen molar-refractivity contribution in [2.75, 3.05) is 0 Å². The van der Waals surface area contributed by atoms with Crippen molar-refractivity contribution in [2.45, 2.75) is 25.1 Å². The highest BCUT2D eigenvalue weighted by Crippen LogP contribution is 2.18. The van der Waals surface area contributed by atoms with Crippen molar-refractivity contribution in [1.29, 1.82) is 0 Å². The lowest BCUT2D eigenvalue weighted by atomic mass is 10.1. The van der Waals surface area contributed by atoms with Crippen LogP contribution in [0.15, 0.2) is 23.0 Å². The topological polar surface area (TPSA) is 132 Å². The molecular weight excluding hydrogens is 298 g/mol. The molecule has 0 bridgehead atoms. The van der Waals surface area contributed by atoms with Crippen LogP contribution in [0.3, 0.4) is 0 Å². The molecular formula is C12H15N3O5S. The van der Waals surface area contributed by atoms with Gasteiger partial charge in [0.2, 0.25) is 10.0 Å². The highest BCUT2D eigenvalue weighted by molar-refractivity contribution is 7.90. The first kappa shape index (κ1) is 15.3. The van der Waals surface area contributed by atoms with E-state index < -0.39 is 27.3 Å². The van der Waals surface area contributed by atoms with Crippen molar-refractivity contribution >= 4 is 27.0 Å². The van der Waals surface area contributed by atoms with Crippen LogP contribution in [0.2, 0.25) is 0 Å². The molecule has 2 atom stereocenters. The molecule has 1 aromatic carbocycles.